The number of rotatable bonds is 4. The fourth-order valence-electron chi connectivity index (χ4n) is 4.00. The number of aromatic nitrogens is 1. The summed E-state index contributed by atoms with van der Waals surface area (Å²) in [5, 5.41) is 7.44. The number of esters is 1. The van der Waals surface area contributed by atoms with Gasteiger partial charge in [0.1, 0.15) is 9.71 Å². The van der Waals surface area contributed by atoms with E-state index in [1.165, 1.54) is 7.11 Å². The number of carbonyl (C=O) groups is 2. The lowest BCUT2D eigenvalue weighted by atomic mass is 10.1. The van der Waals surface area contributed by atoms with Crippen molar-refractivity contribution in [1.29, 1.82) is 0 Å². The van der Waals surface area contributed by atoms with Crippen LogP contribution < -0.4 is 16.2 Å². The number of thiocarbonyl (C=S) groups is 1. The molecule has 9 heteroatoms. The number of hydrogen-bond acceptors (Lipinski definition) is 6. The molecule has 2 aromatic heterocycles. The molecule has 0 unspecified atom stereocenters. The van der Waals surface area contributed by atoms with Crippen LogP contribution in [0.25, 0.3) is 26.7 Å². The molecule has 0 spiro atoms. The van der Waals surface area contributed by atoms with Gasteiger partial charge in [0.2, 0.25) is 0 Å². The highest BCUT2D eigenvalue weighted by Crippen LogP contribution is 2.40. The summed E-state index contributed by atoms with van der Waals surface area (Å²) < 4.78 is 6.61. The number of fused-ring (bicyclic) bond motifs is 3. The number of ether oxygens (including phenoxy) is 1. The highest BCUT2D eigenvalue weighted by atomic mass is 32.1. The minimum Gasteiger partial charge on any atom is -0.465 e. The number of hydrogen-bond donors (Lipinski definition) is 2. The normalized spacial score (nSPS) is 10.8. The number of pyridine rings is 1. The molecular weight excluding hydrogens is 494 g/mol. The van der Waals surface area contributed by atoms with E-state index in [9.17, 15) is 14.4 Å². The van der Waals surface area contributed by atoms with Gasteiger partial charge in [-0.15, -0.1) is 11.3 Å². The lowest BCUT2D eigenvalue weighted by Gasteiger charge is -2.13. The van der Waals surface area contributed by atoms with E-state index in [1.807, 2.05) is 48.5 Å². The Balaban J connectivity index is 1.72. The van der Waals surface area contributed by atoms with Gasteiger partial charge in [-0.1, -0.05) is 54.6 Å². The largest absolute Gasteiger partial charge is 0.465 e. The van der Waals surface area contributed by atoms with Gasteiger partial charge in [-0.05, 0) is 47.9 Å². The Bertz CT molecular complexity index is 1690. The van der Waals surface area contributed by atoms with Crippen molar-refractivity contribution < 1.29 is 14.3 Å². The predicted octanol–water partition coefficient (Wildman–Crippen LogP) is 5.12. The van der Waals surface area contributed by atoms with E-state index < -0.39 is 11.9 Å². The van der Waals surface area contributed by atoms with E-state index in [0.717, 1.165) is 11.3 Å². The second kappa shape index (κ2) is 9.73. The lowest BCUT2D eigenvalue weighted by Crippen LogP contribution is -2.34. The van der Waals surface area contributed by atoms with Gasteiger partial charge in [-0.2, -0.15) is 0 Å². The van der Waals surface area contributed by atoms with E-state index >= 15 is 0 Å². The van der Waals surface area contributed by atoms with E-state index in [2.05, 4.69) is 10.6 Å². The summed E-state index contributed by atoms with van der Waals surface area (Å²) in [6.45, 7) is 0. The van der Waals surface area contributed by atoms with E-state index in [4.69, 9.17) is 17.0 Å². The summed E-state index contributed by atoms with van der Waals surface area (Å²) in [6, 6.07) is 25.0. The number of anilines is 1. The van der Waals surface area contributed by atoms with Crippen molar-refractivity contribution in [2.24, 2.45) is 0 Å². The summed E-state index contributed by atoms with van der Waals surface area (Å²) in [5.41, 5.74) is 1.24. The van der Waals surface area contributed by atoms with Crippen molar-refractivity contribution in [2.75, 3.05) is 12.4 Å². The van der Waals surface area contributed by atoms with Crippen molar-refractivity contribution in [3.63, 3.8) is 0 Å². The van der Waals surface area contributed by atoms with Crippen LogP contribution in [0.2, 0.25) is 0 Å². The molecule has 0 saturated heterocycles. The van der Waals surface area contributed by atoms with Crippen molar-refractivity contribution in [1.82, 2.24) is 9.88 Å². The molecule has 0 bridgehead atoms. The maximum Gasteiger partial charge on any atom is 0.350 e. The van der Waals surface area contributed by atoms with Gasteiger partial charge in [0.05, 0.1) is 18.5 Å². The molecule has 2 N–H and O–H groups in total. The molecule has 1 amide bonds. The summed E-state index contributed by atoms with van der Waals surface area (Å²) >= 11 is 6.56. The van der Waals surface area contributed by atoms with E-state index in [1.54, 1.807) is 41.0 Å². The van der Waals surface area contributed by atoms with Crippen LogP contribution in [0.1, 0.15) is 20.0 Å². The Kier molecular flexibility index (Phi) is 6.32. The Morgan fingerprint density at radius 1 is 0.889 bits per heavy atom. The topological polar surface area (TPSA) is 89.4 Å². The van der Waals surface area contributed by atoms with Gasteiger partial charge in [-0.25, -0.2) is 4.79 Å². The van der Waals surface area contributed by atoms with Crippen LogP contribution in [0.4, 0.5) is 5.69 Å². The summed E-state index contributed by atoms with van der Waals surface area (Å²) in [6.07, 6.45) is 0. The third kappa shape index (κ3) is 4.15. The second-order valence-corrected chi connectivity index (χ2v) is 9.18. The monoisotopic (exact) mass is 513 g/mol. The Morgan fingerprint density at radius 3 is 2.17 bits per heavy atom. The highest BCUT2D eigenvalue weighted by Gasteiger charge is 2.26. The van der Waals surface area contributed by atoms with Gasteiger partial charge in [-0.3, -0.25) is 19.5 Å². The molecule has 0 saturated carbocycles. The molecule has 0 aliphatic rings. The van der Waals surface area contributed by atoms with Crippen LogP contribution in [0.15, 0.2) is 89.7 Å². The van der Waals surface area contributed by atoms with Crippen molar-refractivity contribution in [2.45, 2.75) is 0 Å². The average molecular weight is 514 g/mol. The molecule has 5 aromatic rings. The molecule has 0 aliphatic carbocycles. The first-order chi connectivity index (χ1) is 17.5. The number of amides is 1. The standard InChI is InChI=1S/C27H19N3O4S2/c1-34-26(33)22-21(28-27(35)29-23(31)16-10-4-2-5-11-16)20-18-14-8-9-15-19(18)24(32)30(25(20)36-22)17-12-6-3-7-13-17/h2-15H,1H3,(H2,28,29,31,35). The van der Waals surface area contributed by atoms with Gasteiger partial charge >= 0.3 is 5.97 Å². The van der Waals surface area contributed by atoms with Crippen molar-refractivity contribution in [3.05, 3.63) is 106 Å². The molecule has 7 nitrogen and oxygen atoms in total. The minimum absolute atomic E-state index is 0.00949. The average Bonchev–Trinajstić information content (AvgIpc) is 3.28. The second-order valence-electron chi connectivity index (χ2n) is 7.77. The smallest absolute Gasteiger partial charge is 0.350 e. The first-order valence-electron chi connectivity index (χ1n) is 10.9. The van der Waals surface area contributed by atoms with Gasteiger partial charge in [0, 0.05) is 16.3 Å². The minimum atomic E-state index is -0.591. The van der Waals surface area contributed by atoms with Crippen LogP contribution >= 0.6 is 23.6 Å². The van der Waals surface area contributed by atoms with Gasteiger partial charge in [0.15, 0.2) is 5.11 Å². The van der Waals surface area contributed by atoms with Crippen molar-refractivity contribution >= 4 is 67.2 Å². The maximum absolute atomic E-state index is 13.6. The molecule has 0 aliphatic heterocycles. The van der Waals surface area contributed by atoms with Crippen LogP contribution in [0.5, 0.6) is 0 Å². The predicted molar refractivity (Wildman–Crippen MR) is 146 cm³/mol. The molecule has 5 rings (SSSR count). The number of benzene rings is 3. The summed E-state index contributed by atoms with van der Waals surface area (Å²) in [4.78, 5) is 39.8. The van der Waals surface area contributed by atoms with Crippen LogP contribution in [-0.4, -0.2) is 28.7 Å². The fourth-order valence-corrected chi connectivity index (χ4v) is 5.41. The van der Waals surface area contributed by atoms with Gasteiger partial charge in [0.25, 0.3) is 11.5 Å². The first-order valence-corrected chi connectivity index (χ1v) is 12.1. The van der Waals surface area contributed by atoms with Crippen LogP contribution in [-0.2, 0) is 4.74 Å². The number of methoxy groups -OCH3 is 1. The molecule has 178 valence electrons. The summed E-state index contributed by atoms with van der Waals surface area (Å²) in [5.74, 6) is -0.981. The van der Waals surface area contributed by atoms with Crippen LogP contribution in [0.3, 0.4) is 0 Å². The third-order valence-electron chi connectivity index (χ3n) is 5.61. The molecular formula is C27H19N3O4S2. The zero-order chi connectivity index (χ0) is 25.2. The number of nitrogens with one attached hydrogen (secondary N) is 2. The zero-order valence-electron chi connectivity index (χ0n) is 19.0. The fraction of sp³-hybridized carbons (Fsp3) is 0.0370. The SMILES string of the molecule is COC(=O)c1sc2c(c1NC(=S)NC(=O)c1ccccc1)c1ccccc1c(=O)n2-c1ccccc1. The lowest BCUT2D eigenvalue weighted by molar-refractivity contribution is 0.0607. The molecule has 0 fully saturated rings. The number of nitrogens with zero attached hydrogens (tertiary/aromatic N) is 1. The van der Waals surface area contributed by atoms with Gasteiger partial charge < -0.3 is 10.1 Å². The molecule has 0 radical (unpaired) electrons. The maximum atomic E-state index is 13.6. The van der Waals surface area contributed by atoms with Crippen LogP contribution in [0, 0.1) is 0 Å². The Labute approximate surface area is 214 Å². The van der Waals surface area contributed by atoms with Crippen molar-refractivity contribution in [3.8, 4) is 5.69 Å². The Morgan fingerprint density at radius 2 is 1.50 bits per heavy atom. The highest BCUT2D eigenvalue weighted by molar-refractivity contribution is 7.80. The third-order valence-corrected chi connectivity index (χ3v) is 6.97. The quantitative estimate of drug-likeness (QED) is 0.256. The number of thiophene rings is 1. The molecule has 3 aromatic carbocycles. The molecule has 36 heavy (non-hydrogen) atoms. The Hall–Kier alpha value is -4.34. The van der Waals surface area contributed by atoms with E-state index in [-0.39, 0.29) is 15.5 Å². The van der Waals surface area contributed by atoms with E-state index in [0.29, 0.717) is 37.9 Å². The molecule has 0 atom stereocenters. The summed E-state index contributed by atoms with van der Waals surface area (Å²) in [7, 11) is 1.29. The zero-order valence-corrected chi connectivity index (χ0v) is 20.6. The number of carbonyl (C=O) groups excluding carboxylic acids is 2. The molecule has 2 heterocycles. The first kappa shape index (κ1) is 23.4. The number of para-hydroxylation sites is 1.